The second-order valence-corrected chi connectivity index (χ2v) is 27.4. The van der Waals surface area contributed by atoms with Crippen molar-refractivity contribution in [2.24, 2.45) is 4.99 Å². The van der Waals surface area contributed by atoms with Gasteiger partial charge in [-0.3, -0.25) is 14.5 Å². The normalized spacial score (nSPS) is 17.1. The minimum Gasteiger partial charge on any atom is -0.437 e. The molecule has 0 saturated carbocycles. The SMILES string of the molecule is CN(C)C=NCCC[Si](C)(O[Si](C)(C)C)O[Si](C)(C)C.CO[Si](OC)(OC)C1CCN1C=[N+](C)C. The standard InChI is InChI=1S/C13H34N2O2Si3.C9H21N2O3Si/c1-15(2)13-14-11-10-12-20(9,16-18(3,4)5)17-19(6,7)8;1-10(2)8-11-7-6-9(11)15(12-3,13-4)14-5/h13H,10-12H2,1-9H3;8-9H,6-7H2,1-5H3/q;+1. The molecule has 1 fully saturated rings. The van der Waals surface area contributed by atoms with Crippen LogP contribution in [0.3, 0.4) is 0 Å². The predicted octanol–water partition coefficient (Wildman–Crippen LogP) is 3.52. The number of hydrogen-bond acceptors (Lipinski definition) is 6. The van der Waals surface area contributed by atoms with Gasteiger partial charge in [0.25, 0.3) is 0 Å². The molecule has 0 aliphatic carbocycles. The van der Waals surface area contributed by atoms with E-state index in [0.29, 0.717) is 0 Å². The minimum atomic E-state index is -2.50. The van der Waals surface area contributed by atoms with Gasteiger partial charge in [-0.1, -0.05) is 0 Å². The van der Waals surface area contributed by atoms with Crippen molar-refractivity contribution in [1.82, 2.24) is 9.80 Å². The highest BCUT2D eigenvalue weighted by atomic mass is 28.5. The van der Waals surface area contributed by atoms with Crippen molar-refractivity contribution >= 4 is 46.7 Å². The molecule has 0 radical (unpaired) electrons. The Hall–Kier alpha value is -0.392. The van der Waals surface area contributed by atoms with Gasteiger partial charge in [-0.05, 0) is 58.3 Å². The summed E-state index contributed by atoms with van der Waals surface area (Å²) in [6.45, 7) is 17.6. The van der Waals surface area contributed by atoms with E-state index in [-0.39, 0.29) is 5.67 Å². The molecule has 1 aliphatic rings. The van der Waals surface area contributed by atoms with Gasteiger partial charge in [0.2, 0.25) is 6.34 Å². The molecule has 9 nitrogen and oxygen atoms in total. The van der Waals surface area contributed by atoms with E-state index in [9.17, 15) is 0 Å². The zero-order valence-electron chi connectivity index (χ0n) is 25.1. The fraction of sp³-hybridized carbons (Fsp3) is 0.909. The van der Waals surface area contributed by atoms with Crippen molar-refractivity contribution in [3.05, 3.63) is 0 Å². The Bertz CT molecular complexity index is 637. The minimum absolute atomic E-state index is 0.250. The number of likely N-dealkylation sites (tertiary alicyclic amines) is 1. The first-order chi connectivity index (χ1) is 15.9. The first-order valence-electron chi connectivity index (χ1n) is 12.4. The summed E-state index contributed by atoms with van der Waals surface area (Å²) in [6.07, 6.45) is 6.04. The molecule has 0 spiro atoms. The van der Waals surface area contributed by atoms with Crippen LogP contribution in [0.15, 0.2) is 4.99 Å². The fourth-order valence-electron chi connectivity index (χ4n) is 4.01. The van der Waals surface area contributed by atoms with Crippen LogP contribution in [0.4, 0.5) is 0 Å². The van der Waals surface area contributed by atoms with Crippen LogP contribution >= 0.6 is 0 Å². The summed E-state index contributed by atoms with van der Waals surface area (Å²) in [4.78, 5) is 8.58. The van der Waals surface area contributed by atoms with Crippen molar-refractivity contribution < 1.29 is 26.1 Å². The maximum absolute atomic E-state index is 6.46. The van der Waals surface area contributed by atoms with Gasteiger partial charge in [-0.15, -0.1) is 0 Å². The molecule has 0 N–H and O–H groups in total. The fourth-order valence-corrected chi connectivity index (χ4v) is 18.9. The summed E-state index contributed by atoms with van der Waals surface area (Å²) in [5.74, 6) is 0. The molecule has 0 bridgehead atoms. The zero-order chi connectivity index (χ0) is 27.5. The predicted molar refractivity (Wildman–Crippen MR) is 157 cm³/mol. The molecule has 35 heavy (non-hydrogen) atoms. The molecular weight excluding hydrogens is 513 g/mol. The maximum atomic E-state index is 6.46. The Labute approximate surface area is 220 Å². The largest absolute Gasteiger partial charge is 0.547 e. The molecule has 1 saturated heterocycles. The summed E-state index contributed by atoms with van der Waals surface area (Å²) < 4.78 is 31.3. The molecule has 13 heteroatoms. The van der Waals surface area contributed by atoms with E-state index in [2.05, 4.69) is 62.1 Å². The van der Waals surface area contributed by atoms with Gasteiger partial charge < -0.3 is 26.4 Å². The summed E-state index contributed by atoms with van der Waals surface area (Å²) in [6, 6.07) is 1.03. The Morgan fingerprint density at radius 3 is 1.71 bits per heavy atom. The van der Waals surface area contributed by atoms with E-state index >= 15 is 0 Å². The Balaban J connectivity index is 0.000000686. The third kappa shape index (κ3) is 14.2. The quantitative estimate of drug-likeness (QED) is 0.105. The molecule has 1 heterocycles. The average molecular weight is 568 g/mol. The van der Waals surface area contributed by atoms with Crippen LogP contribution in [0.1, 0.15) is 12.8 Å². The number of hydrogen-bond donors (Lipinski definition) is 0. The van der Waals surface area contributed by atoms with Crippen LogP contribution < -0.4 is 0 Å². The van der Waals surface area contributed by atoms with Gasteiger partial charge in [0, 0.05) is 48.4 Å². The molecular formula is C22H55N4O5Si4+. The first-order valence-corrected chi connectivity index (χ1v) is 23.6. The van der Waals surface area contributed by atoms with Gasteiger partial charge in [0.15, 0.2) is 22.3 Å². The lowest BCUT2D eigenvalue weighted by Gasteiger charge is -2.40. The molecule has 1 unspecified atom stereocenters. The summed E-state index contributed by atoms with van der Waals surface area (Å²) >= 11 is 0. The van der Waals surface area contributed by atoms with Crippen LogP contribution in [0.2, 0.25) is 51.9 Å². The highest BCUT2D eigenvalue weighted by Crippen LogP contribution is 2.27. The van der Waals surface area contributed by atoms with E-state index in [1.54, 1.807) is 21.3 Å². The zero-order valence-corrected chi connectivity index (χ0v) is 29.1. The second-order valence-electron chi connectivity index (χ2n) is 11.5. The van der Waals surface area contributed by atoms with Crippen LogP contribution in [0.25, 0.3) is 0 Å². The first kappa shape index (κ1) is 34.6. The van der Waals surface area contributed by atoms with Crippen molar-refractivity contribution in [3.8, 4) is 0 Å². The number of aliphatic imine (C=N–C) groups is 1. The molecule has 208 valence electrons. The van der Waals surface area contributed by atoms with Crippen LogP contribution in [-0.4, -0.2) is 129 Å². The van der Waals surface area contributed by atoms with E-state index in [1.165, 1.54) is 0 Å². The molecule has 0 aromatic heterocycles. The maximum Gasteiger partial charge on any atom is 0.547 e. The van der Waals surface area contributed by atoms with Gasteiger partial charge in [0.05, 0.1) is 27.0 Å². The summed E-state index contributed by atoms with van der Waals surface area (Å²) in [5.41, 5.74) is 0.250. The Kier molecular flexibility index (Phi) is 15.0. The summed E-state index contributed by atoms with van der Waals surface area (Å²) in [5, 5.41) is 0. The third-order valence-electron chi connectivity index (χ3n) is 4.98. The molecule has 1 rings (SSSR count). The van der Waals surface area contributed by atoms with Crippen molar-refractivity contribution in [3.63, 3.8) is 0 Å². The van der Waals surface area contributed by atoms with Crippen LogP contribution in [-0.2, 0) is 21.5 Å². The lowest BCUT2D eigenvalue weighted by Crippen LogP contribution is -2.67. The lowest BCUT2D eigenvalue weighted by molar-refractivity contribution is -0.465. The molecule has 0 aromatic carbocycles. The molecule has 1 aliphatic heterocycles. The average Bonchev–Trinajstić information content (AvgIpc) is 2.66. The Morgan fingerprint density at radius 2 is 1.40 bits per heavy atom. The van der Waals surface area contributed by atoms with Crippen LogP contribution in [0.5, 0.6) is 0 Å². The van der Waals surface area contributed by atoms with E-state index in [0.717, 1.165) is 32.0 Å². The highest BCUT2D eigenvalue weighted by Gasteiger charge is 2.58. The lowest BCUT2D eigenvalue weighted by atomic mass is 10.2. The molecule has 1 atom stereocenters. The van der Waals surface area contributed by atoms with Gasteiger partial charge >= 0.3 is 17.4 Å². The van der Waals surface area contributed by atoms with Crippen molar-refractivity contribution in [2.75, 3.05) is 62.6 Å². The van der Waals surface area contributed by atoms with Gasteiger partial charge in [0.1, 0.15) is 0 Å². The van der Waals surface area contributed by atoms with Gasteiger partial charge in [-0.2, -0.15) is 0 Å². The third-order valence-corrected chi connectivity index (χ3v) is 17.7. The van der Waals surface area contributed by atoms with Crippen molar-refractivity contribution in [2.45, 2.75) is 70.4 Å². The Morgan fingerprint density at radius 1 is 0.914 bits per heavy atom. The van der Waals surface area contributed by atoms with E-state index in [1.807, 2.05) is 44.0 Å². The second kappa shape index (κ2) is 15.1. The topological polar surface area (TPSA) is 68.0 Å². The number of nitrogens with zero attached hydrogens (tertiary/aromatic N) is 4. The van der Waals surface area contributed by atoms with Crippen LogP contribution in [0, 0.1) is 0 Å². The smallest absolute Gasteiger partial charge is 0.437 e. The highest BCUT2D eigenvalue weighted by molar-refractivity contribution is 6.87. The monoisotopic (exact) mass is 567 g/mol. The molecule has 0 amide bonds. The van der Waals surface area contributed by atoms with E-state index in [4.69, 9.17) is 21.5 Å². The van der Waals surface area contributed by atoms with Crippen molar-refractivity contribution in [1.29, 1.82) is 0 Å². The summed E-state index contributed by atoms with van der Waals surface area (Å²) in [7, 11) is 5.28. The van der Waals surface area contributed by atoms with E-state index < -0.39 is 34.0 Å². The van der Waals surface area contributed by atoms with Gasteiger partial charge in [-0.25, -0.2) is 0 Å². The number of rotatable bonds is 14. The molecule has 0 aromatic rings.